The number of nitro benzene ring substituents is 1. The third kappa shape index (κ3) is 2.74. The number of benzene rings is 1. The zero-order valence-electron chi connectivity index (χ0n) is 8.87. The Morgan fingerprint density at radius 1 is 1.50 bits per heavy atom. The lowest BCUT2D eigenvalue weighted by Gasteiger charge is -2.01. The number of thioether (sulfide) groups is 1. The number of halogens is 1. The van der Waals surface area contributed by atoms with Crippen LogP contribution in [0.15, 0.2) is 22.5 Å². The first-order chi connectivity index (χ1) is 8.58. The molecule has 18 heavy (non-hydrogen) atoms. The van der Waals surface area contributed by atoms with Gasteiger partial charge in [0.25, 0.3) is 0 Å². The lowest BCUT2D eigenvalue weighted by atomic mass is 10.2. The molecule has 0 aliphatic heterocycles. The van der Waals surface area contributed by atoms with E-state index in [9.17, 15) is 14.5 Å². The summed E-state index contributed by atoms with van der Waals surface area (Å²) in [7, 11) is 0. The molecular formula is C9H7FN4O2S2. The monoisotopic (exact) mass is 286 g/mol. The first-order valence-electron chi connectivity index (χ1n) is 4.71. The highest BCUT2D eigenvalue weighted by molar-refractivity contribution is 8.00. The van der Waals surface area contributed by atoms with Crippen molar-refractivity contribution in [1.82, 2.24) is 10.2 Å². The average molecular weight is 286 g/mol. The second kappa shape index (κ2) is 5.27. The molecule has 1 heterocycles. The molecule has 0 bridgehead atoms. The predicted octanol–water partition coefficient (Wildman–Crippen LogP) is 2.46. The van der Waals surface area contributed by atoms with Crippen LogP contribution in [0, 0.1) is 15.9 Å². The summed E-state index contributed by atoms with van der Waals surface area (Å²) in [6.45, 7) is 0. The molecule has 2 N–H and O–H groups in total. The molecule has 0 fully saturated rings. The van der Waals surface area contributed by atoms with Gasteiger partial charge >= 0.3 is 5.69 Å². The lowest BCUT2D eigenvalue weighted by molar-refractivity contribution is -0.387. The van der Waals surface area contributed by atoms with Gasteiger partial charge in [-0.25, -0.2) is 0 Å². The van der Waals surface area contributed by atoms with E-state index >= 15 is 0 Å². The van der Waals surface area contributed by atoms with Crippen molar-refractivity contribution < 1.29 is 9.31 Å². The molecular weight excluding hydrogens is 279 g/mol. The van der Waals surface area contributed by atoms with Gasteiger partial charge in [-0.2, -0.15) is 4.39 Å². The van der Waals surface area contributed by atoms with Crippen LogP contribution in [0.2, 0.25) is 0 Å². The number of aromatic nitrogens is 2. The third-order valence-electron chi connectivity index (χ3n) is 2.03. The predicted molar refractivity (Wildman–Crippen MR) is 66.9 cm³/mol. The smallest absolute Gasteiger partial charge is 0.305 e. The van der Waals surface area contributed by atoms with Gasteiger partial charge in [0, 0.05) is 17.4 Å². The summed E-state index contributed by atoms with van der Waals surface area (Å²) in [5.74, 6) is -0.574. The summed E-state index contributed by atoms with van der Waals surface area (Å²) in [5.41, 5.74) is 5.14. The van der Waals surface area contributed by atoms with Crippen LogP contribution in [0.3, 0.4) is 0 Å². The van der Waals surface area contributed by atoms with Crippen molar-refractivity contribution in [2.45, 2.75) is 10.1 Å². The quantitative estimate of drug-likeness (QED) is 0.527. The van der Waals surface area contributed by atoms with Crippen LogP contribution in [-0.4, -0.2) is 15.1 Å². The Kier molecular flexibility index (Phi) is 3.72. The van der Waals surface area contributed by atoms with Crippen molar-refractivity contribution in [3.05, 3.63) is 39.7 Å². The summed E-state index contributed by atoms with van der Waals surface area (Å²) < 4.78 is 14.3. The van der Waals surface area contributed by atoms with Gasteiger partial charge in [0.1, 0.15) is 0 Å². The summed E-state index contributed by atoms with van der Waals surface area (Å²) in [6, 6.07) is 4.08. The van der Waals surface area contributed by atoms with E-state index in [2.05, 4.69) is 10.2 Å². The Hall–Kier alpha value is -1.74. The zero-order chi connectivity index (χ0) is 13.1. The number of nitro groups is 1. The molecule has 2 aromatic rings. The maximum absolute atomic E-state index is 13.7. The number of hydrogen-bond donors (Lipinski definition) is 1. The highest BCUT2D eigenvalue weighted by Gasteiger charge is 2.17. The van der Waals surface area contributed by atoms with Crippen LogP contribution in [0.5, 0.6) is 0 Å². The Labute approximate surface area is 109 Å². The molecule has 0 unspecified atom stereocenters. The van der Waals surface area contributed by atoms with Gasteiger partial charge in [0.05, 0.1) is 4.92 Å². The van der Waals surface area contributed by atoms with Crippen LogP contribution in [-0.2, 0) is 5.75 Å². The maximum Gasteiger partial charge on any atom is 0.305 e. The van der Waals surface area contributed by atoms with E-state index in [-0.39, 0.29) is 11.3 Å². The molecule has 1 aromatic heterocycles. The van der Waals surface area contributed by atoms with Gasteiger partial charge < -0.3 is 5.73 Å². The first-order valence-corrected chi connectivity index (χ1v) is 6.51. The molecule has 0 saturated carbocycles. The van der Waals surface area contributed by atoms with Gasteiger partial charge in [-0.15, -0.1) is 10.2 Å². The number of nitrogen functional groups attached to an aromatic ring is 1. The molecule has 1 aromatic carbocycles. The van der Waals surface area contributed by atoms with Crippen LogP contribution in [0.25, 0.3) is 0 Å². The third-order valence-corrected chi connectivity index (χ3v) is 3.96. The molecule has 94 valence electrons. The highest BCUT2D eigenvalue weighted by atomic mass is 32.2. The van der Waals surface area contributed by atoms with Crippen molar-refractivity contribution in [3.63, 3.8) is 0 Å². The molecule has 0 saturated heterocycles. The maximum atomic E-state index is 13.7. The molecule has 0 radical (unpaired) electrons. The standard InChI is InChI=1S/C9H7FN4O2S2/c10-7-5(2-1-3-6(7)14(15)16)4-17-9-13-12-8(11)18-9/h1-3H,4H2,(H2,11,12). The fourth-order valence-electron chi connectivity index (χ4n) is 1.24. The van der Waals surface area contributed by atoms with Crippen LogP contribution in [0.4, 0.5) is 15.2 Å². The van der Waals surface area contributed by atoms with Crippen molar-refractivity contribution in [2.24, 2.45) is 0 Å². The van der Waals surface area contributed by atoms with Crippen molar-refractivity contribution in [3.8, 4) is 0 Å². The fraction of sp³-hybridized carbons (Fsp3) is 0.111. The van der Waals surface area contributed by atoms with Gasteiger partial charge in [-0.3, -0.25) is 10.1 Å². The van der Waals surface area contributed by atoms with Gasteiger partial charge in [0.2, 0.25) is 10.9 Å². The highest BCUT2D eigenvalue weighted by Crippen LogP contribution is 2.29. The summed E-state index contributed by atoms with van der Waals surface area (Å²) >= 11 is 2.42. The zero-order valence-corrected chi connectivity index (χ0v) is 10.5. The molecule has 0 atom stereocenters. The minimum absolute atomic E-state index is 0.238. The summed E-state index contributed by atoms with van der Waals surface area (Å²) in [5, 5.41) is 18.3. The minimum atomic E-state index is -0.813. The van der Waals surface area contributed by atoms with E-state index in [0.717, 1.165) is 6.07 Å². The van der Waals surface area contributed by atoms with Crippen molar-refractivity contribution >= 4 is 33.9 Å². The first kappa shape index (κ1) is 12.7. The fourth-order valence-corrected chi connectivity index (χ4v) is 2.85. The molecule has 0 amide bonds. The Bertz CT molecular complexity index is 590. The van der Waals surface area contributed by atoms with Crippen LogP contribution in [0.1, 0.15) is 5.56 Å². The van der Waals surface area contributed by atoms with Crippen molar-refractivity contribution in [1.29, 1.82) is 0 Å². The van der Waals surface area contributed by atoms with E-state index in [1.54, 1.807) is 0 Å². The Morgan fingerprint density at radius 2 is 2.28 bits per heavy atom. The number of hydrogen-bond acceptors (Lipinski definition) is 7. The van der Waals surface area contributed by atoms with Gasteiger partial charge in [0.15, 0.2) is 4.34 Å². The minimum Gasteiger partial charge on any atom is -0.374 e. The second-order valence-corrected chi connectivity index (χ2v) is 5.43. The summed E-state index contributed by atoms with van der Waals surface area (Å²) in [4.78, 5) is 9.83. The molecule has 0 spiro atoms. The molecule has 0 aliphatic carbocycles. The number of anilines is 1. The van der Waals surface area contributed by atoms with Crippen molar-refractivity contribution in [2.75, 3.05) is 5.73 Å². The second-order valence-electron chi connectivity index (χ2n) is 3.20. The topological polar surface area (TPSA) is 94.9 Å². The molecule has 0 aliphatic rings. The molecule has 6 nitrogen and oxygen atoms in total. The normalized spacial score (nSPS) is 10.5. The van der Waals surface area contributed by atoms with E-state index < -0.39 is 16.4 Å². The summed E-state index contributed by atoms with van der Waals surface area (Å²) in [6.07, 6.45) is 0. The number of rotatable bonds is 4. The molecule has 9 heteroatoms. The van der Waals surface area contributed by atoms with E-state index in [1.807, 2.05) is 0 Å². The van der Waals surface area contributed by atoms with E-state index in [1.165, 1.54) is 35.2 Å². The Morgan fingerprint density at radius 3 is 2.89 bits per heavy atom. The van der Waals surface area contributed by atoms with E-state index in [4.69, 9.17) is 5.73 Å². The molecule has 2 rings (SSSR count). The van der Waals surface area contributed by atoms with Gasteiger partial charge in [-0.1, -0.05) is 35.2 Å². The van der Waals surface area contributed by atoms with Crippen LogP contribution < -0.4 is 5.73 Å². The van der Waals surface area contributed by atoms with E-state index in [0.29, 0.717) is 9.47 Å². The van der Waals surface area contributed by atoms with Crippen LogP contribution >= 0.6 is 23.1 Å². The SMILES string of the molecule is Nc1nnc(SCc2cccc([N+](=O)[O-])c2F)s1. The number of nitrogens with zero attached hydrogens (tertiary/aromatic N) is 3. The number of nitrogens with two attached hydrogens (primary N) is 1. The van der Waals surface area contributed by atoms with Gasteiger partial charge in [-0.05, 0) is 0 Å². The Balaban J connectivity index is 2.14. The largest absolute Gasteiger partial charge is 0.374 e. The lowest BCUT2D eigenvalue weighted by Crippen LogP contribution is -1.96. The average Bonchev–Trinajstić information content (AvgIpc) is 2.73.